The fourth-order valence-electron chi connectivity index (χ4n) is 5.57. The quantitative estimate of drug-likeness (QED) is 0.286. The zero-order valence-corrected chi connectivity index (χ0v) is 23.9. The Morgan fingerprint density at radius 1 is 1.03 bits per heavy atom. The van der Waals surface area contributed by atoms with Crippen molar-refractivity contribution < 1.29 is 22.7 Å². The van der Waals surface area contributed by atoms with Gasteiger partial charge in [-0.3, -0.25) is 9.59 Å². The lowest BCUT2D eigenvalue weighted by Crippen LogP contribution is -2.38. The molecule has 1 aliphatic heterocycles. The highest BCUT2D eigenvalue weighted by Crippen LogP contribution is 2.35. The predicted molar refractivity (Wildman–Crippen MR) is 153 cm³/mol. The van der Waals surface area contributed by atoms with E-state index in [0.29, 0.717) is 50.3 Å². The Morgan fingerprint density at radius 2 is 1.79 bits per heavy atom. The van der Waals surface area contributed by atoms with Gasteiger partial charge in [-0.25, -0.2) is 13.1 Å². The number of hydrogen-bond acceptors (Lipinski definition) is 6. The van der Waals surface area contributed by atoms with E-state index in [9.17, 15) is 18.0 Å². The highest BCUT2D eigenvalue weighted by Gasteiger charge is 2.32. The lowest BCUT2D eigenvalue weighted by molar-refractivity contribution is -0.148. The van der Waals surface area contributed by atoms with Gasteiger partial charge in [0.25, 0.3) is 0 Å². The standard InChI is InChI=1S/C30H41N3O5S/c1-3-5-6-14-29(34)31-24-15-16-27(33-19-17-23(18-20-33)30(35)38-4-2)28(21-24)39(36,37)32-26-13-9-11-22-10-7-8-12-25(22)26/h7-8,10,12,15-16,21,23,26,32H,3-6,9,11,13-14,17-20H2,1-2H3,(H,31,34). The number of fused-ring (bicyclic) bond motifs is 1. The number of carbonyl (C=O) groups excluding carboxylic acids is 2. The van der Waals surface area contributed by atoms with Crippen molar-refractivity contribution in [3.8, 4) is 0 Å². The average Bonchev–Trinajstić information content (AvgIpc) is 2.93. The minimum absolute atomic E-state index is 0.121. The minimum Gasteiger partial charge on any atom is -0.466 e. The lowest BCUT2D eigenvalue weighted by atomic mass is 9.88. The van der Waals surface area contributed by atoms with E-state index >= 15 is 0 Å². The van der Waals surface area contributed by atoms with Crippen molar-refractivity contribution in [3.05, 3.63) is 53.6 Å². The molecule has 2 aromatic carbocycles. The smallest absolute Gasteiger partial charge is 0.309 e. The normalized spacial score (nSPS) is 17.9. The predicted octanol–water partition coefficient (Wildman–Crippen LogP) is 5.34. The fraction of sp³-hybridized carbons (Fsp3) is 0.533. The monoisotopic (exact) mass is 555 g/mol. The van der Waals surface area contributed by atoms with E-state index in [1.165, 1.54) is 5.56 Å². The molecule has 4 rings (SSSR count). The second-order valence-corrected chi connectivity index (χ2v) is 12.1. The molecule has 8 nitrogen and oxygen atoms in total. The summed E-state index contributed by atoms with van der Waals surface area (Å²) in [6, 6.07) is 12.8. The molecule has 1 heterocycles. The second kappa shape index (κ2) is 13.4. The summed E-state index contributed by atoms with van der Waals surface area (Å²) in [6.45, 7) is 5.32. The Labute approximate surface area is 232 Å². The first-order valence-corrected chi connectivity index (χ1v) is 15.8. The van der Waals surface area contributed by atoms with Crippen molar-refractivity contribution in [1.29, 1.82) is 0 Å². The van der Waals surface area contributed by atoms with Gasteiger partial charge in [0.15, 0.2) is 0 Å². The van der Waals surface area contributed by atoms with Crippen LogP contribution in [0.2, 0.25) is 0 Å². The summed E-state index contributed by atoms with van der Waals surface area (Å²) in [7, 11) is -3.93. The van der Waals surface area contributed by atoms with E-state index in [1.807, 2.05) is 23.1 Å². The van der Waals surface area contributed by atoms with Crippen LogP contribution in [0.3, 0.4) is 0 Å². The molecule has 2 aromatic rings. The third kappa shape index (κ3) is 7.39. The molecule has 1 amide bonds. The van der Waals surface area contributed by atoms with Crippen LogP contribution in [0.4, 0.5) is 11.4 Å². The zero-order chi connectivity index (χ0) is 27.8. The molecule has 0 radical (unpaired) electrons. The van der Waals surface area contributed by atoms with E-state index in [0.717, 1.165) is 44.1 Å². The molecule has 0 aromatic heterocycles. The Hall–Kier alpha value is -2.91. The number of unbranched alkanes of at least 4 members (excludes halogenated alkanes) is 2. The van der Waals surface area contributed by atoms with E-state index in [1.54, 1.807) is 25.1 Å². The van der Waals surface area contributed by atoms with Crippen LogP contribution in [-0.4, -0.2) is 40.0 Å². The van der Waals surface area contributed by atoms with Crippen LogP contribution in [0.25, 0.3) is 0 Å². The Kier molecular flexibility index (Phi) is 10.0. The van der Waals surface area contributed by atoms with Gasteiger partial charge in [-0.1, -0.05) is 44.0 Å². The first-order valence-electron chi connectivity index (χ1n) is 14.3. The van der Waals surface area contributed by atoms with Gasteiger partial charge < -0.3 is 15.0 Å². The first kappa shape index (κ1) is 29.1. The maximum Gasteiger partial charge on any atom is 0.309 e. The van der Waals surface area contributed by atoms with Gasteiger partial charge >= 0.3 is 5.97 Å². The van der Waals surface area contributed by atoms with E-state index in [-0.39, 0.29) is 28.7 Å². The van der Waals surface area contributed by atoms with Gasteiger partial charge in [0, 0.05) is 31.2 Å². The molecule has 0 saturated carbocycles. The van der Waals surface area contributed by atoms with Gasteiger partial charge in [0.2, 0.25) is 15.9 Å². The minimum atomic E-state index is -3.93. The number of amides is 1. The van der Waals surface area contributed by atoms with Crippen LogP contribution in [0.15, 0.2) is 47.4 Å². The number of ether oxygens (including phenoxy) is 1. The molecule has 39 heavy (non-hydrogen) atoms. The molecule has 2 aliphatic rings. The molecule has 2 N–H and O–H groups in total. The van der Waals surface area contributed by atoms with Crippen LogP contribution in [0.5, 0.6) is 0 Å². The van der Waals surface area contributed by atoms with Gasteiger partial charge in [-0.2, -0.15) is 0 Å². The van der Waals surface area contributed by atoms with E-state index in [2.05, 4.69) is 23.0 Å². The van der Waals surface area contributed by atoms with Crippen molar-refractivity contribution in [3.63, 3.8) is 0 Å². The summed E-state index contributed by atoms with van der Waals surface area (Å²) in [5, 5.41) is 2.89. The molecule has 0 bridgehead atoms. The number of sulfonamides is 1. The first-order chi connectivity index (χ1) is 18.8. The molecule has 1 saturated heterocycles. The average molecular weight is 556 g/mol. The molecular formula is C30H41N3O5S. The number of anilines is 2. The van der Waals surface area contributed by atoms with Crippen LogP contribution < -0.4 is 14.9 Å². The maximum absolute atomic E-state index is 14.0. The second-order valence-electron chi connectivity index (χ2n) is 10.5. The topological polar surface area (TPSA) is 105 Å². The number of hydrogen-bond donors (Lipinski definition) is 2. The SMILES string of the molecule is CCCCCC(=O)Nc1ccc(N2CCC(C(=O)OCC)CC2)c(S(=O)(=O)NC2CCCc3ccccc32)c1. The maximum atomic E-state index is 14.0. The van der Waals surface area contributed by atoms with Gasteiger partial charge in [0.1, 0.15) is 4.90 Å². The summed E-state index contributed by atoms with van der Waals surface area (Å²) in [5.74, 6) is -0.493. The molecule has 9 heteroatoms. The van der Waals surface area contributed by atoms with Crippen molar-refractivity contribution in [2.45, 2.75) is 82.6 Å². The molecule has 0 spiro atoms. The lowest BCUT2D eigenvalue weighted by Gasteiger charge is -2.34. The summed E-state index contributed by atoms with van der Waals surface area (Å²) in [4.78, 5) is 26.9. The molecule has 1 atom stereocenters. The summed E-state index contributed by atoms with van der Waals surface area (Å²) >= 11 is 0. The van der Waals surface area contributed by atoms with Crippen molar-refractivity contribution in [2.75, 3.05) is 29.9 Å². The number of benzene rings is 2. The Morgan fingerprint density at radius 3 is 2.54 bits per heavy atom. The largest absolute Gasteiger partial charge is 0.466 e. The molecule has 1 fully saturated rings. The molecule has 212 valence electrons. The number of nitrogens with zero attached hydrogens (tertiary/aromatic N) is 1. The number of rotatable bonds is 11. The summed E-state index contributed by atoms with van der Waals surface area (Å²) in [5.41, 5.74) is 3.24. The third-order valence-corrected chi connectivity index (χ3v) is 9.16. The highest BCUT2D eigenvalue weighted by molar-refractivity contribution is 7.89. The van der Waals surface area contributed by atoms with Gasteiger partial charge in [-0.15, -0.1) is 0 Å². The number of nitrogens with one attached hydrogen (secondary N) is 2. The van der Waals surface area contributed by atoms with Gasteiger partial charge in [0.05, 0.1) is 18.2 Å². The molecular weight excluding hydrogens is 514 g/mol. The van der Waals surface area contributed by atoms with Crippen LogP contribution in [-0.2, 0) is 30.8 Å². The number of carbonyl (C=O) groups is 2. The van der Waals surface area contributed by atoms with Crippen molar-refractivity contribution in [2.24, 2.45) is 5.92 Å². The van der Waals surface area contributed by atoms with Crippen LogP contribution >= 0.6 is 0 Å². The van der Waals surface area contributed by atoms with Crippen molar-refractivity contribution in [1.82, 2.24) is 4.72 Å². The highest BCUT2D eigenvalue weighted by atomic mass is 32.2. The zero-order valence-electron chi connectivity index (χ0n) is 23.1. The summed E-state index contributed by atoms with van der Waals surface area (Å²) < 4.78 is 36.1. The molecule has 1 unspecified atom stereocenters. The Balaban J connectivity index is 1.60. The van der Waals surface area contributed by atoms with Crippen molar-refractivity contribution >= 4 is 33.3 Å². The number of piperidine rings is 1. The number of aryl methyl sites for hydroxylation is 1. The molecule has 1 aliphatic carbocycles. The van der Waals surface area contributed by atoms with E-state index < -0.39 is 10.0 Å². The van der Waals surface area contributed by atoms with Crippen LogP contribution in [0.1, 0.15) is 82.4 Å². The third-order valence-electron chi connectivity index (χ3n) is 7.66. The van der Waals surface area contributed by atoms with E-state index in [4.69, 9.17) is 4.74 Å². The summed E-state index contributed by atoms with van der Waals surface area (Å²) in [6.07, 6.45) is 6.95. The fourth-order valence-corrected chi connectivity index (χ4v) is 7.07. The van der Waals surface area contributed by atoms with Crippen LogP contribution in [0, 0.1) is 5.92 Å². The Bertz CT molecular complexity index is 1250. The van der Waals surface area contributed by atoms with Gasteiger partial charge in [-0.05, 0) is 74.8 Å². The number of esters is 1.